The lowest BCUT2D eigenvalue weighted by atomic mass is 9.86. The third-order valence-corrected chi connectivity index (χ3v) is 4.95. The Labute approximate surface area is 145 Å². The summed E-state index contributed by atoms with van der Waals surface area (Å²) in [6.45, 7) is 0.524. The Kier molecular flexibility index (Phi) is 3.98. The molecule has 122 valence electrons. The highest BCUT2D eigenvalue weighted by Crippen LogP contribution is 2.33. The van der Waals surface area contributed by atoms with Gasteiger partial charge in [0.15, 0.2) is 0 Å². The summed E-state index contributed by atoms with van der Waals surface area (Å²) >= 11 is 6.14. The van der Waals surface area contributed by atoms with Crippen molar-refractivity contribution in [3.8, 4) is 0 Å². The molecule has 2 aromatic heterocycles. The second-order valence-electron chi connectivity index (χ2n) is 6.29. The van der Waals surface area contributed by atoms with Crippen molar-refractivity contribution in [2.45, 2.75) is 25.8 Å². The molecule has 1 amide bonds. The number of amides is 1. The van der Waals surface area contributed by atoms with Crippen molar-refractivity contribution in [1.82, 2.24) is 15.3 Å². The van der Waals surface area contributed by atoms with Gasteiger partial charge in [0.25, 0.3) is 0 Å². The van der Waals surface area contributed by atoms with Crippen LogP contribution in [0.1, 0.15) is 23.2 Å². The molecule has 4 rings (SSSR count). The van der Waals surface area contributed by atoms with Crippen molar-refractivity contribution < 1.29 is 4.79 Å². The highest BCUT2D eigenvalue weighted by molar-refractivity contribution is 6.31. The molecule has 0 bridgehead atoms. The Morgan fingerprint density at radius 3 is 3.12 bits per heavy atom. The fraction of sp³-hybridized carbons (Fsp3) is 0.263. The number of pyridine rings is 1. The van der Waals surface area contributed by atoms with E-state index in [1.165, 1.54) is 11.3 Å². The summed E-state index contributed by atoms with van der Waals surface area (Å²) in [5.41, 5.74) is 4.59. The van der Waals surface area contributed by atoms with Gasteiger partial charge in [0.1, 0.15) is 0 Å². The lowest BCUT2D eigenvalue weighted by Gasteiger charge is -2.22. The maximum Gasteiger partial charge on any atom is 0.223 e. The summed E-state index contributed by atoms with van der Waals surface area (Å²) in [6, 6.07) is 9.73. The highest BCUT2D eigenvalue weighted by atomic mass is 35.5. The van der Waals surface area contributed by atoms with E-state index >= 15 is 0 Å². The minimum Gasteiger partial charge on any atom is -0.358 e. The first-order valence-corrected chi connectivity index (χ1v) is 8.54. The number of halogens is 1. The predicted molar refractivity (Wildman–Crippen MR) is 94.9 cm³/mol. The number of fused-ring (bicyclic) bond motifs is 3. The SMILES string of the molecule is O=C(NCc1cccnc1)C1CCc2[nH]c3ccc(Cl)cc3c2C1. The van der Waals surface area contributed by atoms with Gasteiger partial charge in [-0.15, -0.1) is 0 Å². The van der Waals surface area contributed by atoms with E-state index in [1.807, 2.05) is 30.3 Å². The fourth-order valence-electron chi connectivity index (χ4n) is 3.45. The van der Waals surface area contributed by atoms with Crippen LogP contribution in [0.3, 0.4) is 0 Å². The summed E-state index contributed by atoms with van der Waals surface area (Å²) in [5, 5.41) is 4.91. The van der Waals surface area contributed by atoms with Gasteiger partial charge in [0.05, 0.1) is 0 Å². The quantitative estimate of drug-likeness (QED) is 0.765. The summed E-state index contributed by atoms with van der Waals surface area (Å²) in [5.74, 6) is 0.119. The van der Waals surface area contributed by atoms with Gasteiger partial charge < -0.3 is 10.3 Å². The zero-order valence-corrected chi connectivity index (χ0v) is 13.9. The molecule has 4 nitrogen and oxygen atoms in total. The van der Waals surface area contributed by atoms with Gasteiger partial charge >= 0.3 is 0 Å². The largest absolute Gasteiger partial charge is 0.358 e. The first-order chi connectivity index (χ1) is 11.7. The number of aryl methyl sites for hydroxylation is 1. The zero-order valence-electron chi connectivity index (χ0n) is 13.2. The molecule has 1 aliphatic rings. The monoisotopic (exact) mass is 339 g/mol. The second kappa shape index (κ2) is 6.29. The molecule has 0 spiro atoms. The van der Waals surface area contributed by atoms with E-state index in [4.69, 9.17) is 11.6 Å². The van der Waals surface area contributed by atoms with Crippen LogP contribution in [0.5, 0.6) is 0 Å². The number of H-pyrrole nitrogens is 1. The Bertz CT molecular complexity index is 888. The van der Waals surface area contributed by atoms with Crippen LogP contribution >= 0.6 is 11.6 Å². The van der Waals surface area contributed by atoms with E-state index in [-0.39, 0.29) is 11.8 Å². The molecule has 0 aliphatic heterocycles. The Balaban J connectivity index is 1.50. The van der Waals surface area contributed by atoms with Crippen molar-refractivity contribution in [3.63, 3.8) is 0 Å². The number of carbonyl (C=O) groups excluding carboxylic acids is 1. The molecule has 0 radical (unpaired) electrons. The maximum atomic E-state index is 12.5. The van der Waals surface area contributed by atoms with Gasteiger partial charge in [-0.1, -0.05) is 17.7 Å². The Hall–Kier alpha value is -2.33. The highest BCUT2D eigenvalue weighted by Gasteiger charge is 2.27. The number of rotatable bonds is 3. The van der Waals surface area contributed by atoms with Gasteiger partial charge in [-0.2, -0.15) is 0 Å². The predicted octanol–water partition coefficient (Wildman–Crippen LogP) is 3.64. The average molecular weight is 340 g/mol. The molecule has 1 aliphatic carbocycles. The minimum absolute atomic E-state index is 0.00662. The van der Waals surface area contributed by atoms with Crippen LogP contribution in [0, 0.1) is 5.92 Å². The first-order valence-electron chi connectivity index (χ1n) is 8.16. The van der Waals surface area contributed by atoms with Gasteiger partial charge in [0, 0.05) is 46.5 Å². The van der Waals surface area contributed by atoms with Crippen LogP contribution in [0.2, 0.25) is 5.02 Å². The summed E-state index contributed by atoms with van der Waals surface area (Å²) in [6.07, 6.45) is 6.03. The molecule has 0 saturated heterocycles. The topological polar surface area (TPSA) is 57.8 Å². The smallest absolute Gasteiger partial charge is 0.223 e. The van der Waals surface area contributed by atoms with Crippen molar-refractivity contribution in [2.75, 3.05) is 0 Å². The first kappa shape index (κ1) is 15.2. The van der Waals surface area contributed by atoms with E-state index < -0.39 is 0 Å². The van der Waals surface area contributed by atoms with Crippen LogP contribution in [0.25, 0.3) is 10.9 Å². The number of benzene rings is 1. The van der Waals surface area contributed by atoms with Crippen molar-refractivity contribution in [1.29, 1.82) is 0 Å². The van der Waals surface area contributed by atoms with E-state index in [1.54, 1.807) is 12.4 Å². The number of nitrogens with zero attached hydrogens (tertiary/aromatic N) is 1. The van der Waals surface area contributed by atoms with Crippen molar-refractivity contribution in [2.24, 2.45) is 5.92 Å². The van der Waals surface area contributed by atoms with E-state index in [9.17, 15) is 4.79 Å². The van der Waals surface area contributed by atoms with Crippen LogP contribution < -0.4 is 5.32 Å². The molecular formula is C19H18ClN3O. The molecule has 2 heterocycles. The molecule has 0 fully saturated rings. The van der Waals surface area contributed by atoms with E-state index in [2.05, 4.69) is 15.3 Å². The normalized spacial score (nSPS) is 16.8. The standard InChI is InChI=1S/C19H18ClN3O/c20-14-4-6-18-16(9-14)15-8-13(3-5-17(15)23-18)19(24)22-11-12-2-1-7-21-10-12/h1-2,4,6-7,9-10,13,23H,3,5,8,11H2,(H,22,24). The fourth-order valence-corrected chi connectivity index (χ4v) is 3.62. The van der Waals surface area contributed by atoms with Gasteiger partial charge in [-0.05, 0) is 54.7 Å². The third-order valence-electron chi connectivity index (χ3n) is 4.71. The number of hydrogen-bond acceptors (Lipinski definition) is 2. The van der Waals surface area contributed by atoms with Gasteiger partial charge in [-0.3, -0.25) is 9.78 Å². The number of aromatic amines is 1. The summed E-state index contributed by atoms with van der Waals surface area (Å²) in [4.78, 5) is 20.1. The molecule has 5 heteroatoms. The number of nitrogens with one attached hydrogen (secondary N) is 2. The zero-order chi connectivity index (χ0) is 16.5. The number of aromatic nitrogens is 2. The minimum atomic E-state index is 0.00662. The lowest BCUT2D eigenvalue weighted by Crippen LogP contribution is -2.33. The van der Waals surface area contributed by atoms with Gasteiger partial charge in [0.2, 0.25) is 5.91 Å². The number of hydrogen-bond donors (Lipinski definition) is 2. The van der Waals surface area contributed by atoms with Gasteiger partial charge in [-0.25, -0.2) is 0 Å². The molecular weight excluding hydrogens is 322 g/mol. The van der Waals surface area contributed by atoms with Crippen LogP contribution in [-0.2, 0) is 24.2 Å². The Morgan fingerprint density at radius 1 is 1.38 bits per heavy atom. The second-order valence-corrected chi connectivity index (χ2v) is 6.73. The molecule has 2 N–H and O–H groups in total. The maximum absolute atomic E-state index is 12.5. The Morgan fingerprint density at radius 2 is 2.29 bits per heavy atom. The molecule has 3 aromatic rings. The lowest BCUT2D eigenvalue weighted by molar-refractivity contribution is -0.125. The van der Waals surface area contributed by atoms with Crippen LogP contribution in [0.4, 0.5) is 0 Å². The molecule has 0 saturated carbocycles. The molecule has 24 heavy (non-hydrogen) atoms. The number of carbonyl (C=O) groups is 1. The third kappa shape index (κ3) is 2.89. The van der Waals surface area contributed by atoms with Crippen LogP contribution in [0.15, 0.2) is 42.7 Å². The van der Waals surface area contributed by atoms with E-state index in [0.29, 0.717) is 6.54 Å². The summed E-state index contributed by atoms with van der Waals surface area (Å²) < 4.78 is 0. The van der Waals surface area contributed by atoms with Crippen LogP contribution in [-0.4, -0.2) is 15.9 Å². The van der Waals surface area contributed by atoms with E-state index in [0.717, 1.165) is 40.8 Å². The van der Waals surface area contributed by atoms with Crippen molar-refractivity contribution in [3.05, 3.63) is 64.6 Å². The molecule has 1 atom stereocenters. The summed E-state index contributed by atoms with van der Waals surface area (Å²) in [7, 11) is 0. The van der Waals surface area contributed by atoms with Crippen molar-refractivity contribution >= 4 is 28.4 Å². The average Bonchev–Trinajstić information content (AvgIpc) is 2.97. The molecule has 1 aromatic carbocycles. The molecule has 1 unspecified atom stereocenters.